The van der Waals surface area contributed by atoms with E-state index in [-0.39, 0.29) is 11.5 Å². The lowest BCUT2D eigenvalue weighted by Crippen LogP contribution is -2.57. The summed E-state index contributed by atoms with van der Waals surface area (Å²) in [6.07, 6.45) is -3.22. The minimum atomic E-state index is -4.68. The molecular formula is C12H23NO9S3. The number of nitrogens with zero attached hydrogens (tertiary/aromatic N) is 1. The largest absolute Gasteiger partial charge is 0.394 e. The molecular weight excluding hydrogens is 398 g/mol. The van der Waals surface area contributed by atoms with Crippen LogP contribution in [0.2, 0.25) is 0 Å². The zero-order valence-electron chi connectivity index (χ0n) is 13.5. The van der Waals surface area contributed by atoms with Gasteiger partial charge in [0, 0.05) is 22.8 Å². The molecule has 0 aromatic rings. The van der Waals surface area contributed by atoms with Crippen molar-refractivity contribution in [1.29, 1.82) is 0 Å². The average Bonchev–Trinajstić information content (AvgIpc) is 2.50. The van der Waals surface area contributed by atoms with Crippen LogP contribution in [-0.4, -0.2) is 91.1 Å². The quantitative estimate of drug-likeness (QED) is 0.131. The normalized spacial score (nSPS) is 32.6. The van der Waals surface area contributed by atoms with Gasteiger partial charge in [-0.1, -0.05) is 11.8 Å². The lowest BCUT2D eigenvalue weighted by molar-refractivity contribution is -0.205. The van der Waals surface area contributed by atoms with Gasteiger partial charge in [-0.15, -0.1) is 4.40 Å². The van der Waals surface area contributed by atoms with Crippen molar-refractivity contribution in [2.24, 2.45) is 4.40 Å². The number of thioether (sulfide) groups is 1. The van der Waals surface area contributed by atoms with Crippen molar-refractivity contribution in [1.82, 2.24) is 0 Å². The smallest absolute Gasteiger partial charge is 0.379 e. The molecule has 1 saturated heterocycles. The fraction of sp³-hybridized carbons (Fsp3) is 0.917. The van der Waals surface area contributed by atoms with E-state index >= 15 is 0 Å². The van der Waals surface area contributed by atoms with Crippen molar-refractivity contribution in [2.45, 2.75) is 49.1 Å². The topological polar surface area (TPSA) is 174 Å². The van der Waals surface area contributed by atoms with E-state index < -0.39 is 57.6 Å². The molecule has 0 radical (unpaired) electrons. The first-order valence-electron chi connectivity index (χ1n) is 7.38. The van der Waals surface area contributed by atoms with E-state index in [4.69, 9.17) is 14.4 Å². The van der Waals surface area contributed by atoms with E-state index in [1.807, 2.05) is 0 Å². The van der Waals surface area contributed by atoms with Crippen molar-refractivity contribution < 1.29 is 42.3 Å². The van der Waals surface area contributed by atoms with Gasteiger partial charge in [0.15, 0.2) is 0 Å². The zero-order valence-corrected chi connectivity index (χ0v) is 15.9. The maximum absolute atomic E-state index is 11.0. The number of rotatable bonds is 8. The fourth-order valence-corrected chi connectivity index (χ4v) is 4.58. The van der Waals surface area contributed by atoms with Gasteiger partial charge in [0.1, 0.15) is 29.9 Å². The number of hydrogen-bond acceptors (Lipinski definition) is 9. The third-order valence-electron chi connectivity index (χ3n) is 3.39. The molecule has 0 saturated carbocycles. The molecule has 6 atom stereocenters. The standard InChI is InChI=1S/C12H23NO9S3/c1-24(18)5-3-2-4-8(13-25(19,20)21)23-12-11(17)10(16)9(15)7(6-14)22-12/h7,9-12,14-17H,2-6H2,1H3,(H,19,20,21)/t7-,9-,10+,11-,12+,24+/m1/s1. The highest BCUT2D eigenvalue weighted by atomic mass is 32.2. The molecule has 1 aliphatic rings. The van der Waals surface area contributed by atoms with Gasteiger partial charge in [-0.05, 0) is 19.3 Å². The summed E-state index contributed by atoms with van der Waals surface area (Å²) in [6.45, 7) is -0.616. The van der Waals surface area contributed by atoms with Gasteiger partial charge in [-0.25, -0.2) is 0 Å². The van der Waals surface area contributed by atoms with E-state index in [0.717, 1.165) is 0 Å². The molecule has 0 aromatic carbocycles. The third-order valence-corrected chi connectivity index (χ3v) is 6.01. The number of hydrogen-bond donors (Lipinski definition) is 5. The summed E-state index contributed by atoms with van der Waals surface area (Å²) in [4.78, 5) is 0. The van der Waals surface area contributed by atoms with Crippen LogP contribution in [0.25, 0.3) is 0 Å². The van der Waals surface area contributed by atoms with Gasteiger partial charge in [0.2, 0.25) is 0 Å². The Morgan fingerprint density at radius 3 is 2.36 bits per heavy atom. The Bertz CT molecular complexity index is 580. The summed E-state index contributed by atoms with van der Waals surface area (Å²) in [5.74, 6) is 0.421. The Kier molecular flexibility index (Phi) is 9.42. The lowest BCUT2D eigenvalue weighted by atomic mass is 10.0. The second kappa shape index (κ2) is 10.3. The molecule has 0 aliphatic carbocycles. The molecule has 1 heterocycles. The minimum Gasteiger partial charge on any atom is -0.394 e. The minimum absolute atomic E-state index is 0.0753. The molecule has 148 valence electrons. The Labute approximate surface area is 152 Å². The van der Waals surface area contributed by atoms with Crippen LogP contribution in [0.3, 0.4) is 0 Å². The highest BCUT2D eigenvalue weighted by molar-refractivity contribution is 8.14. The van der Waals surface area contributed by atoms with Crippen LogP contribution in [0.15, 0.2) is 4.40 Å². The summed E-state index contributed by atoms with van der Waals surface area (Å²) >= 11 is 0.665. The van der Waals surface area contributed by atoms with Crippen LogP contribution in [0.5, 0.6) is 0 Å². The maximum Gasteiger partial charge on any atom is 0.379 e. The molecule has 0 bridgehead atoms. The van der Waals surface area contributed by atoms with Crippen molar-refractivity contribution in [3.8, 4) is 0 Å². The predicted molar refractivity (Wildman–Crippen MR) is 93.1 cm³/mol. The summed E-state index contributed by atoms with van der Waals surface area (Å²) in [7, 11) is -5.67. The summed E-state index contributed by atoms with van der Waals surface area (Å²) in [5, 5.41) is 38.5. The van der Waals surface area contributed by atoms with Crippen molar-refractivity contribution in [3.05, 3.63) is 0 Å². The molecule has 1 aliphatic heterocycles. The molecule has 0 spiro atoms. The monoisotopic (exact) mass is 421 g/mol. The molecule has 1 rings (SSSR count). The first-order chi connectivity index (χ1) is 11.5. The van der Waals surface area contributed by atoms with Crippen LogP contribution in [0, 0.1) is 0 Å². The van der Waals surface area contributed by atoms with E-state index in [0.29, 0.717) is 30.4 Å². The number of aliphatic hydroxyl groups excluding tert-OH is 4. The second-order valence-corrected chi connectivity index (χ2v) is 9.29. The first-order valence-corrected chi connectivity index (χ1v) is 11.4. The number of aliphatic hydroxyl groups is 4. The van der Waals surface area contributed by atoms with Crippen LogP contribution in [0.4, 0.5) is 0 Å². The molecule has 0 unspecified atom stereocenters. The Hall–Kier alpha value is -0.120. The molecule has 25 heavy (non-hydrogen) atoms. The highest BCUT2D eigenvalue weighted by Gasteiger charge is 2.44. The van der Waals surface area contributed by atoms with Gasteiger partial charge in [-0.2, -0.15) is 8.42 Å². The van der Waals surface area contributed by atoms with E-state index in [1.165, 1.54) is 6.26 Å². The van der Waals surface area contributed by atoms with Gasteiger partial charge >= 0.3 is 10.3 Å². The van der Waals surface area contributed by atoms with E-state index in [1.54, 1.807) is 0 Å². The molecule has 5 N–H and O–H groups in total. The van der Waals surface area contributed by atoms with Gasteiger partial charge < -0.3 is 25.2 Å². The van der Waals surface area contributed by atoms with Crippen molar-refractivity contribution in [2.75, 3.05) is 18.6 Å². The summed E-state index contributed by atoms with van der Waals surface area (Å²) < 4.78 is 50.4. The SMILES string of the molecule is C[S@](=O)CCCCC(=NS(=O)(=O)O)S[C@@H]1O[C@H](CO)[C@@H](O)[C@H](O)[C@H]1O. The third kappa shape index (κ3) is 7.97. The van der Waals surface area contributed by atoms with Gasteiger partial charge in [0.25, 0.3) is 0 Å². The second-order valence-electron chi connectivity index (χ2n) is 5.48. The number of ether oxygens (including phenoxy) is 1. The molecule has 1 fully saturated rings. The number of unbranched alkanes of at least 4 members (excludes halogenated alkanes) is 1. The summed E-state index contributed by atoms with van der Waals surface area (Å²) in [5.41, 5.74) is -1.20. The van der Waals surface area contributed by atoms with Crippen molar-refractivity contribution >= 4 is 37.9 Å². The highest BCUT2D eigenvalue weighted by Crippen LogP contribution is 2.30. The Morgan fingerprint density at radius 1 is 1.20 bits per heavy atom. The predicted octanol–water partition coefficient (Wildman–Crippen LogP) is -1.73. The average molecular weight is 422 g/mol. The molecule has 0 aromatic heterocycles. The van der Waals surface area contributed by atoms with Crippen LogP contribution >= 0.6 is 11.8 Å². The molecule has 13 heteroatoms. The first kappa shape index (κ1) is 22.9. The van der Waals surface area contributed by atoms with Gasteiger partial charge in [-0.3, -0.25) is 8.76 Å². The Balaban J connectivity index is 2.82. The van der Waals surface area contributed by atoms with Crippen LogP contribution in [-0.2, 0) is 25.8 Å². The van der Waals surface area contributed by atoms with E-state index in [9.17, 15) is 27.9 Å². The maximum atomic E-state index is 11.0. The van der Waals surface area contributed by atoms with Crippen molar-refractivity contribution in [3.63, 3.8) is 0 Å². The van der Waals surface area contributed by atoms with Crippen LogP contribution in [0.1, 0.15) is 19.3 Å². The zero-order chi connectivity index (χ0) is 19.2. The Morgan fingerprint density at radius 2 is 1.84 bits per heavy atom. The fourth-order valence-electron chi connectivity index (χ4n) is 2.14. The molecule has 0 amide bonds. The van der Waals surface area contributed by atoms with Crippen LogP contribution < -0.4 is 0 Å². The lowest BCUT2D eigenvalue weighted by Gasteiger charge is -2.39. The molecule has 10 nitrogen and oxygen atoms in total. The summed E-state index contributed by atoms with van der Waals surface area (Å²) in [6, 6.07) is 0. The van der Waals surface area contributed by atoms with Gasteiger partial charge in [0.05, 0.1) is 11.7 Å². The van der Waals surface area contributed by atoms with E-state index in [2.05, 4.69) is 4.40 Å².